The summed E-state index contributed by atoms with van der Waals surface area (Å²) in [6.07, 6.45) is 1.68. The lowest BCUT2D eigenvalue weighted by atomic mass is 10.0. The van der Waals surface area contributed by atoms with Crippen molar-refractivity contribution in [3.05, 3.63) is 118 Å². The maximum Gasteiger partial charge on any atom is 0.293 e. The van der Waals surface area contributed by atoms with Crippen LogP contribution >= 0.6 is 11.8 Å². The summed E-state index contributed by atoms with van der Waals surface area (Å²) in [4.78, 5) is 27.4. The number of rotatable bonds is 6. The van der Waals surface area contributed by atoms with Crippen molar-refractivity contribution in [1.82, 2.24) is 4.90 Å². The lowest BCUT2D eigenvalue weighted by Gasteiger charge is -2.14. The highest BCUT2D eigenvalue weighted by Crippen LogP contribution is 2.37. The zero-order valence-electron chi connectivity index (χ0n) is 19.0. The fourth-order valence-corrected chi connectivity index (χ4v) is 4.82. The first-order chi connectivity index (χ1) is 17.5. The number of thioether (sulfide) groups is 1. The van der Waals surface area contributed by atoms with Gasteiger partial charge >= 0.3 is 0 Å². The summed E-state index contributed by atoms with van der Waals surface area (Å²) in [5, 5.41) is 10.8. The molecule has 1 aliphatic rings. The number of carbonyl (C=O) groups is 2. The second-order valence-electron chi connectivity index (χ2n) is 8.15. The van der Waals surface area contributed by atoms with E-state index in [1.54, 1.807) is 42.5 Å². The Balaban J connectivity index is 1.48. The van der Waals surface area contributed by atoms with Crippen molar-refractivity contribution < 1.29 is 18.7 Å². The van der Waals surface area contributed by atoms with Crippen molar-refractivity contribution in [2.45, 2.75) is 13.2 Å². The Morgan fingerprint density at radius 2 is 1.69 bits per heavy atom. The van der Waals surface area contributed by atoms with E-state index in [1.165, 1.54) is 12.1 Å². The molecule has 0 radical (unpaired) electrons. The van der Waals surface area contributed by atoms with Crippen LogP contribution in [0.15, 0.2) is 89.8 Å². The molecule has 176 valence electrons. The minimum absolute atomic E-state index is 0.0230. The van der Waals surface area contributed by atoms with Crippen LogP contribution < -0.4 is 4.74 Å². The van der Waals surface area contributed by atoms with Gasteiger partial charge in [-0.15, -0.1) is 0 Å². The highest BCUT2D eigenvalue weighted by Gasteiger charge is 2.35. The highest BCUT2D eigenvalue weighted by molar-refractivity contribution is 8.18. The third-order valence-electron chi connectivity index (χ3n) is 5.85. The van der Waals surface area contributed by atoms with Gasteiger partial charge in [0.25, 0.3) is 11.1 Å². The number of carbonyl (C=O) groups excluding carboxylic acids is 2. The number of nitrogens with zero attached hydrogens (tertiary/aromatic N) is 2. The number of imide groups is 1. The summed E-state index contributed by atoms with van der Waals surface area (Å²) >= 11 is 0.861. The molecule has 36 heavy (non-hydrogen) atoms. The molecule has 0 bridgehead atoms. The molecular formula is C29H19FN2O3S. The number of halogens is 1. The molecule has 5 rings (SSSR count). The monoisotopic (exact) mass is 494 g/mol. The first-order valence-electron chi connectivity index (χ1n) is 11.2. The molecule has 0 atom stereocenters. The molecule has 7 heteroatoms. The molecule has 1 aliphatic heterocycles. The predicted molar refractivity (Wildman–Crippen MR) is 137 cm³/mol. The maximum atomic E-state index is 13.3. The van der Waals surface area contributed by atoms with Crippen LogP contribution in [0.25, 0.3) is 16.8 Å². The average molecular weight is 495 g/mol. The van der Waals surface area contributed by atoms with Crippen molar-refractivity contribution in [1.29, 1.82) is 5.26 Å². The summed E-state index contributed by atoms with van der Waals surface area (Å²) in [6, 6.07) is 26.5. The number of nitriles is 1. The van der Waals surface area contributed by atoms with E-state index in [4.69, 9.17) is 4.74 Å². The lowest BCUT2D eigenvalue weighted by Crippen LogP contribution is -2.27. The standard InChI is InChI=1S/C29H19FN2O3S/c30-23-12-9-19(10-13-23)18-35-26-14-11-20-5-3-4-8-24(20)25(26)15-27-28(33)32(29(34)36-27)17-22-7-2-1-6-21(22)16-31/h1-15H,17-18H2/b27-15+. The van der Waals surface area contributed by atoms with E-state index in [0.29, 0.717) is 22.4 Å². The van der Waals surface area contributed by atoms with Crippen LogP contribution in [0.5, 0.6) is 5.75 Å². The fraction of sp³-hybridized carbons (Fsp3) is 0.0690. The Bertz CT molecular complexity index is 1560. The third-order valence-corrected chi connectivity index (χ3v) is 6.76. The molecule has 1 heterocycles. The molecule has 0 saturated carbocycles. The molecule has 0 spiro atoms. The number of fused-ring (bicyclic) bond motifs is 1. The average Bonchev–Trinajstić information content (AvgIpc) is 3.16. The topological polar surface area (TPSA) is 70.4 Å². The van der Waals surface area contributed by atoms with Crippen molar-refractivity contribution in [2.75, 3.05) is 0 Å². The van der Waals surface area contributed by atoms with Gasteiger partial charge < -0.3 is 4.74 Å². The molecule has 0 N–H and O–H groups in total. The Hall–Kier alpha value is -4.41. The zero-order chi connectivity index (χ0) is 25.1. The molecular weight excluding hydrogens is 475 g/mol. The smallest absolute Gasteiger partial charge is 0.293 e. The van der Waals surface area contributed by atoms with E-state index in [1.807, 2.05) is 36.4 Å². The number of benzene rings is 4. The molecule has 4 aromatic rings. The third kappa shape index (κ3) is 4.72. The van der Waals surface area contributed by atoms with Crippen LogP contribution in [0.2, 0.25) is 0 Å². The number of hydrogen-bond donors (Lipinski definition) is 0. The second kappa shape index (κ2) is 10.1. The number of ether oxygens (including phenoxy) is 1. The van der Waals surface area contributed by atoms with Gasteiger partial charge in [0, 0.05) is 5.56 Å². The van der Waals surface area contributed by atoms with Crippen LogP contribution in [0.4, 0.5) is 9.18 Å². The van der Waals surface area contributed by atoms with E-state index in [-0.39, 0.29) is 23.9 Å². The van der Waals surface area contributed by atoms with Crippen LogP contribution in [-0.2, 0) is 17.9 Å². The Kier molecular flexibility index (Phi) is 6.52. The molecule has 1 saturated heterocycles. The molecule has 0 unspecified atom stereocenters. The van der Waals surface area contributed by atoms with Crippen molar-refractivity contribution in [2.24, 2.45) is 0 Å². The molecule has 2 amide bonds. The van der Waals surface area contributed by atoms with Gasteiger partial charge in [0.1, 0.15) is 18.2 Å². The normalized spacial score (nSPS) is 14.4. The molecule has 0 aromatic heterocycles. The zero-order valence-corrected chi connectivity index (χ0v) is 19.8. The van der Waals surface area contributed by atoms with E-state index in [9.17, 15) is 19.2 Å². The molecule has 4 aromatic carbocycles. The minimum atomic E-state index is -0.421. The number of hydrogen-bond acceptors (Lipinski definition) is 5. The van der Waals surface area contributed by atoms with E-state index in [2.05, 4.69) is 6.07 Å². The van der Waals surface area contributed by atoms with Crippen molar-refractivity contribution in [3.8, 4) is 11.8 Å². The quantitative estimate of drug-likeness (QED) is 0.280. The van der Waals surface area contributed by atoms with E-state index >= 15 is 0 Å². The van der Waals surface area contributed by atoms with Gasteiger partial charge in [0.2, 0.25) is 0 Å². The fourth-order valence-electron chi connectivity index (χ4n) is 4.00. The van der Waals surface area contributed by atoms with Gasteiger partial charge in [-0.1, -0.05) is 60.7 Å². The number of amides is 2. The summed E-state index contributed by atoms with van der Waals surface area (Å²) < 4.78 is 19.3. The largest absolute Gasteiger partial charge is 0.488 e. The maximum absolute atomic E-state index is 13.3. The summed E-state index contributed by atoms with van der Waals surface area (Å²) in [6.45, 7) is 0.237. The summed E-state index contributed by atoms with van der Waals surface area (Å²) in [5.41, 5.74) is 2.51. The van der Waals surface area contributed by atoms with Gasteiger partial charge in [0.05, 0.1) is 23.1 Å². The lowest BCUT2D eigenvalue weighted by molar-refractivity contribution is -0.123. The SMILES string of the molecule is N#Cc1ccccc1CN1C(=O)S/C(=C/c2c(OCc3ccc(F)cc3)ccc3ccccc23)C1=O. The predicted octanol–water partition coefficient (Wildman–Crippen LogP) is 6.67. The van der Waals surface area contributed by atoms with Gasteiger partial charge in [-0.05, 0) is 64.0 Å². The summed E-state index contributed by atoms with van der Waals surface area (Å²) in [5.74, 6) is -0.201. The van der Waals surface area contributed by atoms with Gasteiger partial charge in [-0.2, -0.15) is 5.26 Å². The van der Waals surface area contributed by atoms with Crippen LogP contribution in [0.3, 0.4) is 0 Å². The molecule has 5 nitrogen and oxygen atoms in total. The van der Waals surface area contributed by atoms with Crippen molar-refractivity contribution >= 4 is 39.8 Å². The Morgan fingerprint density at radius 3 is 2.50 bits per heavy atom. The highest BCUT2D eigenvalue weighted by atomic mass is 32.2. The van der Waals surface area contributed by atoms with Gasteiger partial charge in [-0.25, -0.2) is 4.39 Å². The molecule has 1 fully saturated rings. The molecule has 0 aliphatic carbocycles. The first-order valence-corrected chi connectivity index (χ1v) is 12.0. The Labute approximate surface area is 211 Å². The second-order valence-corrected chi connectivity index (χ2v) is 9.14. The van der Waals surface area contributed by atoms with Crippen LogP contribution in [0.1, 0.15) is 22.3 Å². The van der Waals surface area contributed by atoms with E-state index < -0.39 is 11.1 Å². The summed E-state index contributed by atoms with van der Waals surface area (Å²) in [7, 11) is 0. The van der Waals surface area contributed by atoms with Crippen molar-refractivity contribution in [3.63, 3.8) is 0 Å². The van der Waals surface area contributed by atoms with Gasteiger partial charge in [-0.3, -0.25) is 14.5 Å². The minimum Gasteiger partial charge on any atom is -0.488 e. The first kappa shape index (κ1) is 23.3. The van der Waals surface area contributed by atoms with Crippen LogP contribution in [-0.4, -0.2) is 16.0 Å². The Morgan fingerprint density at radius 1 is 0.944 bits per heavy atom. The van der Waals surface area contributed by atoms with E-state index in [0.717, 1.165) is 33.0 Å². The van der Waals surface area contributed by atoms with Gasteiger partial charge in [0.15, 0.2) is 0 Å². The van der Waals surface area contributed by atoms with Crippen LogP contribution in [0, 0.1) is 17.1 Å².